The van der Waals surface area contributed by atoms with Crippen LogP contribution in [0.25, 0.3) is 0 Å². The van der Waals surface area contributed by atoms with Crippen molar-refractivity contribution in [3.8, 4) is 12.3 Å². The van der Waals surface area contributed by atoms with Crippen molar-refractivity contribution in [3.05, 3.63) is 12.2 Å². The van der Waals surface area contributed by atoms with Crippen molar-refractivity contribution in [1.82, 2.24) is 0 Å². The van der Waals surface area contributed by atoms with Crippen molar-refractivity contribution in [2.24, 2.45) is 10.9 Å². The molecule has 2 heteroatoms. The van der Waals surface area contributed by atoms with Gasteiger partial charge in [0.2, 0.25) is 0 Å². The summed E-state index contributed by atoms with van der Waals surface area (Å²) in [5.41, 5.74) is 1.09. The predicted octanol–water partition coefficient (Wildman–Crippen LogP) is 2.70. The van der Waals surface area contributed by atoms with Crippen LogP contribution in [0.5, 0.6) is 0 Å². The van der Waals surface area contributed by atoms with Gasteiger partial charge in [-0.1, -0.05) is 31.9 Å². The molecular weight excluding hydrogens is 186 g/mol. The first kappa shape index (κ1) is 13.9. The highest BCUT2D eigenvalue weighted by Gasteiger charge is 2.08. The van der Waals surface area contributed by atoms with Crippen LogP contribution in [0.15, 0.2) is 17.1 Å². The minimum Gasteiger partial charge on any atom is -0.361 e. The zero-order chi connectivity index (χ0) is 11.7. The molecule has 0 fully saturated rings. The van der Waals surface area contributed by atoms with Crippen molar-refractivity contribution in [2.75, 3.05) is 13.2 Å². The Kier molecular flexibility index (Phi) is 7.67. The van der Waals surface area contributed by atoms with Crippen LogP contribution in [-0.4, -0.2) is 25.0 Å². The van der Waals surface area contributed by atoms with E-state index in [1.54, 1.807) is 0 Å². The van der Waals surface area contributed by atoms with Gasteiger partial charge >= 0.3 is 0 Å². The number of ether oxygens (including phenoxy) is 1. The maximum atomic E-state index is 5.49. The Balaban J connectivity index is 4.05. The zero-order valence-electron chi connectivity index (χ0n) is 10.2. The van der Waals surface area contributed by atoms with Gasteiger partial charge in [-0.3, -0.25) is 4.99 Å². The fraction of sp³-hybridized carbons (Fsp3) is 0.615. The Hall–Kier alpha value is -1.07. The van der Waals surface area contributed by atoms with Crippen molar-refractivity contribution in [2.45, 2.75) is 33.8 Å². The second-order valence-corrected chi connectivity index (χ2v) is 3.94. The van der Waals surface area contributed by atoms with Gasteiger partial charge in [0.1, 0.15) is 6.61 Å². The van der Waals surface area contributed by atoms with Crippen LogP contribution in [0, 0.1) is 18.3 Å². The third-order valence-corrected chi connectivity index (χ3v) is 1.85. The molecule has 0 bridgehead atoms. The van der Waals surface area contributed by atoms with Gasteiger partial charge in [-0.05, 0) is 19.8 Å². The number of nitrogens with zero attached hydrogens (tertiary/aromatic N) is 1. The molecule has 2 nitrogen and oxygen atoms in total. The summed E-state index contributed by atoms with van der Waals surface area (Å²) in [6, 6.07) is 0. The summed E-state index contributed by atoms with van der Waals surface area (Å²) in [6.45, 7) is 9.28. The van der Waals surface area contributed by atoms with Crippen LogP contribution in [-0.2, 0) is 4.74 Å². The molecule has 0 N–H and O–H groups in total. The van der Waals surface area contributed by atoms with Gasteiger partial charge in [0.25, 0.3) is 0 Å². The summed E-state index contributed by atoms with van der Waals surface area (Å²) in [5, 5.41) is 0. The highest BCUT2D eigenvalue weighted by molar-refractivity contribution is 5.79. The lowest BCUT2D eigenvalue weighted by molar-refractivity contribution is 0.0793. The van der Waals surface area contributed by atoms with E-state index in [9.17, 15) is 0 Å². The van der Waals surface area contributed by atoms with E-state index in [2.05, 4.69) is 24.8 Å². The smallest absolute Gasteiger partial charge is 0.108 e. The van der Waals surface area contributed by atoms with E-state index in [0.717, 1.165) is 5.71 Å². The Bertz CT molecular complexity index is 254. The number of hydrogen-bond acceptors (Lipinski definition) is 2. The molecule has 15 heavy (non-hydrogen) atoms. The molecule has 1 atom stereocenters. The van der Waals surface area contributed by atoms with E-state index in [4.69, 9.17) is 11.2 Å². The summed E-state index contributed by atoms with van der Waals surface area (Å²) in [6.07, 6.45) is 9.30. The van der Waals surface area contributed by atoms with Gasteiger partial charge in [-0.25, -0.2) is 0 Å². The molecule has 0 spiro atoms. The molecule has 84 valence electrons. The average molecular weight is 207 g/mol. The van der Waals surface area contributed by atoms with Gasteiger partial charge in [0, 0.05) is 5.71 Å². The van der Waals surface area contributed by atoms with Gasteiger partial charge in [-0.2, -0.15) is 0 Å². The number of aliphatic imine (C=N–C) groups is 1. The van der Waals surface area contributed by atoms with Crippen molar-refractivity contribution in [3.63, 3.8) is 0 Å². The molecule has 0 aliphatic carbocycles. The van der Waals surface area contributed by atoms with Crippen LogP contribution in [0.3, 0.4) is 0 Å². The molecule has 0 aliphatic heterocycles. The number of rotatable bonds is 6. The Morgan fingerprint density at radius 2 is 2.13 bits per heavy atom. The monoisotopic (exact) mass is 207 g/mol. The van der Waals surface area contributed by atoms with Gasteiger partial charge in [0.05, 0.1) is 12.6 Å². The molecule has 0 aromatic heterocycles. The fourth-order valence-corrected chi connectivity index (χ4v) is 1.04. The maximum absolute atomic E-state index is 5.49. The van der Waals surface area contributed by atoms with Gasteiger partial charge in [0.15, 0.2) is 0 Å². The molecule has 0 saturated carbocycles. The quantitative estimate of drug-likeness (QED) is 0.373. The summed E-state index contributed by atoms with van der Waals surface area (Å²) in [5.74, 6) is 2.91. The van der Waals surface area contributed by atoms with Crippen molar-refractivity contribution in [1.29, 1.82) is 0 Å². The standard InChI is InChI=1S/C13H21NO/c1-6-10-15-13(11(2)3)8-7-9-14-12(4)5/h1,7-8,11,13H,9-10H2,2-5H3. The second kappa shape index (κ2) is 8.26. The minimum atomic E-state index is 0.0911. The molecule has 0 aromatic carbocycles. The van der Waals surface area contributed by atoms with Crippen LogP contribution in [0.2, 0.25) is 0 Å². The molecule has 0 aromatic rings. The Morgan fingerprint density at radius 1 is 1.47 bits per heavy atom. The van der Waals surface area contributed by atoms with E-state index >= 15 is 0 Å². The Labute approximate surface area is 93.4 Å². The number of hydrogen-bond donors (Lipinski definition) is 0. The summed E-state index contributed by atoms with van der Waals surface area (Å²) in [4.78, 5) is 4.27. The molecule has 0 heterocycles. The van der Waals surface area contributed by atoms with E-state index in [1.807, 2.05) is 26.0 Å². The van der Waals surface area contributed by atoms with E-state index in [-0.39, 0.29) is 6.10 Å². The normalized spacial score (nSPS) is 12.8. The second-order valence-electron chi connectivity index (χ2n) is 3.94. The summed E-state index contributed by atoms with van der Waals surface area (Å²) in [7, 11) is 0. The third-order valence-electron chi connectivity index (χ3n) is 1.85. The highest BCUT2D eigenvalue weighted by atomic mass is 16.5. The summed E-state index contributed by atoms with van der Waals surface area (Å²) < 4.78 is 5.49. The first-order chi connectivity index (χ1) is 7.07. The molecule has 1 unspecified atom stereocenters. The molecule has 0 rings (SSSR count). The lowest BCUT2D eigenvalue weighted by atomic mass is 10.1. The SMILES string of the molecule is C#CCOC(C=CCN=C(C)C)C(C)C. The van der Waals surface area contributed by atoms with Crippen LogP contribution >= 0.6 is 0 Å². The molecular formula is C13H21NO. The van der Waals surface area contributed by atoms with Crippen molar-refractivity contribution >= 4 is 5.71 Å². The molecule has 0 amide bonds. The third kappa shape index (κ3) is 7.96. The topological polar surface area (TPSA) is 21.6 Å². The lowest BCUT2D eigenvalue weighted by Gasteiger charge is -2.15. The molecule has 0 saturated heterocycles. The fourth-order valence-electron chi connectivity index (χ4n) is 1.04. The van der Waals surface area contributed by atoms with Gasteiger partial charge < -0.3 is 4.74 Å². The lowest BCUT2D eigenvalue weighted by Crippen LogP contribution is -2.17. The zero-order valence-corrected chi connectivity index (χ0v) is 10.2. The van der Waals surface area contributed by atoms with Crippen LogP contribution < -0.4 is 0 Å². The minimum absolute atomic E-state index is 0.0911. The molecule has 0 aliphatic rings. The first-order valence-corrected chi connectivity index (χ1v) is 5.27. The van der Waals surface area contributed by atoms with Crippen molar-refractivity contribution < 1.29 is 4.74 Å². The maximum Gasteiger partial charge on any atom is 0.108 e. The van der Waals surface area contributed by atoms with E-state index < -0.39 is 0 Å². The molecule has 0 radical (unpaired) electrons. The predicted molar refractivity (Wildman–Crippen MR) is 66.2 cm³/mol. The van der Waals surface area contributed by atoms with Crippen LogP contribution in [0.4, 0.5) is 0 Å². The van der Waals surface area contributed by atoms with E-state index in [0.29, 0.717) is 19.1 Å². The van der Waals surface area contributed by atoms with E-state index in [1.165, 1.54) is 0 Å². The largest absolute Gasteiger partial charge is 0.361 e. The first-order valence-electron chi connectivity index (χ1n) is 5.27. The summed E-state index contributed by atoms with van der Waals surface area (Å²) >= 11 is 0. The average Bonchev–Trinajstić information content (AvgIpc) is 2.15. The van der Waals surface area contributed by atoms with Crippen LogP contribution in [0.1, 0.15) is 27.7 Å². The highest BCUT2D eigenvalue weighted by Crippen LogP contribution is 2.07. The van der Waals surface area contributed by atoms with Gasteiger partial charge in [-0.15, -0.1) is 6.42 Å². The Morgan fingerprint density at radius 3 is 2.60 bits per heavy atom. The number of terminal acetylenes is 1.